The Morgan fingerprint density at radius 3 is 2.19 bits per heavy atom. The second kappa shape index (κ2) is 5.44. The lowest BCUT2D eigenvalue weighted by Crippen LogP contribution is -2.10. The van der Waals surface area contributed by atoms with Gasteiger partial charge in [-0.3, -0.25) is 10.1 Å². The molecule has 0 fully saturated rings. The maximum absolute atomic E-state index is 13.3. The summed E-state index contributed by atoms with van der Waals surface area (Å²) in [5.41, 5.74) is -0.304. The van der Waals surface area contributed by atoms with Gasteiger partial charge in [-0.2, -0.15) is 8.42 Å². The van der Waals surface area contributed by atoms with Crippen LogP contribution in [0.5, 0.6) is 5.75 Å². The molecule has 0 atom stereocenters. The molecule has 2 aromatic carbocycles. The van der Waals surface area contributed by atoms with Crippen LogP contribution in [0.4, 0.5) is 14.5 Å². The lowest BCUT2D eigenvalue weighted by molar-refractivity contribution is -0.384. The molecule has 2 rings (SSSR count). The Bertz CT molecular complexity index is 790. The van der Waals surface area contributed by atoms with Crippen LogP contribution in [0.2, 0.25) is 0 Å². The summed E-state index contributed by atoms with van der Waals surface area (Å²) in [5, 5.41) is 10.5. The summed E-state index contributed by atoms with van der Waals surface area (Å²) in [6, 6.07) is 5.98. The van der Waals surface area contributed by atoms with E-state index in [9.17, 15) is 27.3 Å². The fourth-order valence-corrected chi connectivity index (χ4v) is 2.38. The Kier molecular flexibility index (Phi) is 3.85. The van der Waals surface area contributed by atoms with E-state index in [0.29, 0.717) is 6.07 Å². The topological polar surface area (TPSA) is 86.5 Å². The molecule has 6 nitrogen and oxygen atoms in total. The van der Waals surface area contributed by atoms with Gasteiger partial charge in [0.25, 0.3) is 5.69 Å². The van der Waals surface area contributed by atoms with Gasteiger partial charge in [-0.25, -0.2) is 8.78 Å². The van der Waals surface area contributed by atoms with Crippen molar-refractivity contribution in [2.45, 2.75) is 4.90 Å². The molecule has 0 amide bonds. The van der Waals surface area contributed by atoms with Gasteiger partial charge in [-0.1, -0.05) is 0 Å². The van der Waals surface area contributed by atoms with E-state index in [4.69, 9.17) is 0 Å². The Balaban J connectivity index is 2.31. The van der Waals surface area contributed by atoms with Crippen LogP contribution in [0.25, 0.3) is 0 Å². The lowest BCUT2D eigenvalue weighted by atomic mass is 10.3. The van der Waals surface area contributed by atoms with Gasteiger partial charge in [-0.05, 0) is 24.3 Å². The average Bonchev–Trinajstić information content (AvgIpc) is 2.42. The molecular formula is C12H7F2NO5S. The van der Waals surface area contributed by atoms with Crippen molar-refractivity contribution < 1.29 is 26.3 Å². The largest absolute Gasteiger partial charge is 0.376 e. The molecule has 0 aliphatic carbocycles. The number of halogens is 2. The predicted molar refractivity (Wildman–Crippen MR) is 67.3 cm³/mol. The monoisotopic (exact) mass is 315 g/mol. The Labute approximate surface area is 117 Å². The van der Waals surface area contributed by atoms with E-state index in [-0.39, 0.29) is 5.69 Å². The maximum Gasteiger partial charge on any atom is 0.339 e. The number of rotatable bonds is 4. The molecule has 110 valence electrons. The van der Waals surface area contributed by atoms with E-state index in [0.717, 1.165) is 36.4 Å². The zero-order valence-electron chi connectivity index (χ0n) is 10.2. The van der Waals surface area contributed by atoms with Crippen LogP contribution in [-0.2, 0) is 10.1 Å². The standard InChI is InChI=1S/C12H7F2NO5S/c13-8-1-6-12(11(14)7-8)20-21(18,19)10-4-2-9(3-5-10)15(16)17/h1-7H. The molecule has 0 unspecified atom stereocenters. The number of non-ortho nitro benzene ring substituents is 1. The van der Waals surface area contributed by atoms with Gasteiger partial charge in [0.1, 0.15) is 10.7 Å². The molecular weight excluding hydrogens is 308 g/mol. The van der Waals surface area contributed by atoms with Crippen LogP contribution in [0.1, 0.15) is 0 Å². The molecule has 9 heteroatoms. The summed E-state index contributed by atoms with van der Waals surface area (Å²) in [5.74, 6) is -2.73. The van der Waals surface area contributed by atoms with E-state index < -0.39 is 37.3 Å². The average molecular weight is 315 g/mol. The summed E-state index contributed by atoms with van der Waals surface area (Å²) in [7, 11) is -4.38. The maximum atomic E-state index is 13.3. The van der Waals surface area contributed by atoms with E-state index in [1.165, 1.54) is 0 Å². The van der Waals surface area contributed by atoms with Crippen LogP contribution in [0.15, 0.2) is 47.4 Å². The normalized spacial score (nSPS) is 11.1. The van der Waals surface area contributed by atoms with Crippen molar-refractivity contribution >= 4 is 15.8 Å². The summed E-state index contributed by atoms with van der Waals surface area (Å²) >= 11 is 0. The van der Waals surface area contributed by atoms with Gasteiger partial charge in [0.15, 0.2) is 11.6 Å². The first kappa shape index (κ1) is 14.9. The number of benzene rings is 2. The van der Waals surface area contributed by atoms with Crippen LogP contribution in [-0.4, -0.2) is 13.3 Å². The van der Waals surface area contributed by atoms with E-state index in [1.807, 2.05) is 0 Å². The fraction of sp³-hybridized carbons (Fsp3) is 0. The molecule has 0 aromatic heterocycles. The van der Waals surface area contributed by atoms with Crippen molar-refractivity contribution in [2.24, 2.45) is 0 Å². The quantitative estimate of drug-likeness (QED) is 0.492. The Morgan fingerprint density at radius 2 is 1.67 bits per heavy atom. The highest BCUT2D eigenvalue weighted by molar-refractivity contribution is 7.87. The molecule has 0 aliphatic heterocycles. The minimum atomic E-state index is -4.38. The first-order valence-electron chi connectivity index (χ1n) is 5.43. The number of hydrogen-bond acceptors (Lipinski definition) is 5. The molecule has 0 radical (unpaired) electrons. The van der Waals surface area contributed by atoms with Crippen molar-refractivity contribution in [2.75, 3.05) is 0 Å². The lowest BCUT2D eigenvalue weighted by Gasteiger charge is -2.07. The molecule has 0 saturated carbocycles. The molecule has 0 heterocycles. The Morgan fingerprint density at radius 1 is 1.05 bits per heavy atom. The van der Waals surface area contributed by atoms with Crippen molar-refractivity contribution in [1.29, 1.82) is 0 Å². The number of hydrogen-bond donors (Lipinski definition) is 0. The second-order valence-corrected chi connectivity index (χ2v) is 5.41. The van der Waals surface area contributed by atoms with Gasteiger partial charge in [0, 0.05) is 18.2 Å². The number of nitrogens with zero attached hydrogens (tertiary/aromatic N) is 1. The zero-order valence-corrected chi connectivity index (χ0v) is 11.0. The van der Waals surface area contributed by atoms with Crippen LogP contribution in [0.3, 0.4) is 0 Å². The number of nitro benzene ring substituents is 1. The summed E-state index contributed by atoms with van der Waals surface area (Å²) in [4.78, 5) is 9.38. The van der Waals surface area contributed by atoms with Gasteiger partial charge in [-0.15, -0.1) is 0 Å². The third-order valence-corrected chi connectivity index (χ3v) is 3.68. The molecule has 0 bridgehead atoms. The predicted octanol–water partition coefficient (Wildman–Crippen LogP) is 2.64. The molecule has 0 saturated heterocycles. The molecule has 21 heavy (non-hydrogen) atoms. The molecule has 0 N–H and O–H groups in total. The van der Waals surface area contributed by atoms with Gasteiger partial charge >= 0.3 is 10.1 Å². The first-order valence-corrected chi connectivity index (χ1v) is 6.84. The molecule has 2 aromatic rings. The SMILES string of the molecule is O=[N+]([O-])c1ccc(S(=O)(=O)Oc2ccc(F)cc2F)cc1. The van der Waals surface area contributed by atoms with E-state index >= 15 is 0 Å². The number of nitro groups is 1. The summed E-state index contributed by atoms with van der Waals surface area (Å²) in [6.07, 6.45) is 0. The van der Waals surface area contributed by atoms with Crippen molar-refractivity contribution in [3.8, 4) is 5.75 Å². The second-order valence-electron chi connectivity index (χ2n) is 3.86. The van der Waals surface area contributed by atoms with Crippen molar-refractivity contribution in [3.63, 3.8) is 0 Å². The van der Waals surface area contributed by atoms with Crippen LogP contribution in [0, 0.1) is 21.7 Å². The minimum Gasteiger partial charge on any atom is -0.376 e. The van der Waals surface area contributed by atoms with E-state index in [1.54, 1.807) is 0 Å². The molecule has 0 spiro atoms. The smallest absolute Gasteiger partial charge is 0.339 e. The highest BCUT2D eigenvalue weighted by Crippen LogP contribution is 2.23. The molecule has 0 aliphatic rings. The van der Waals surface area contributed by atoms with Crippen molar-refractivity contribution in [3.05, 3.63) is 64.2 Å². The highest BCUT2D eigenvalue weighted by Gasteiger charge is 2.20. The summed E-state index contributed by atoms with van der Waals surface area (Å²) < 4.78 is 54.3. The van der Waals surface area contributed by atoms with Crippen molar-refractivity contribution in [1.82, 2.24) is 0 Å². The third kappa shape index (κ3) is 3.31. The van der Waals surface area contributed by atoms with Gasteiger partial charge < -0.3 is 4.18 Å². The van der Waals surface area contributed by atoms with Crippen LogP contribution < -0.4 is 4.18 Å². The van der Waals surface area contributed by atoms with Gasteiger partial charge in [0.05, 0.1) is 4.92 Å². The first-order chi connectivity index (χ1) is 9.79. The minimum absolute atomic E-state index is 0.304. The Hall–Kier alpha value is -2.55. The third-order valence-electron chi connectivity index (χ3n) is 2.43. The fourth-order valence-electron chi connectivity index (χ4n) is 1.44. The zero-order chi connectivity index (χ0) is 15.6. The van der Waals surface area contributed by atoms with E-state index in [2.05, 4.69) is 4.18 Å². The summed E-state index contributed by atoms with van der Waals surface area (Å²) in [6.45, 7) is 0. The van der Waals surface area contributed by atoms with Crippen LogP contribution >= 0.6 is 0 Å². The highest BCUT2D eigenvalue weighted by atomic mass is 32.2. The van der Waals surface area contributed by atoms with Gasteiger partial charge in [0.2, 0.25) is 0 Å².